The Morgan fingerprint density at radius 1 is 1.00 bits per heavy atom. The van der Waals surface area contributed by atoms with Crippen molar-refractivity contribution >= 4 is 17.8 Å². The van der Waals surface area contributed by atoms with E-state index in [0.717, 1.165) is 24.3 Å². The van der Waals surface area contributed by atoms with Crippen LogP contribution < -0.4 is 4.74 Å². The zero-order valence-corrected chi connectivity index (χ0v) is 11.7. The van der Waals surface area contributed by atoms with Crippen LogP contribution in [-0.4, -0.2) is 11.8 Å². The SMILES string of the molecule is CC(=O)c1ccc(OC(=O)/C=C/c2c(F)cccc2F)cc1. The normalized spacial score (nSPS) is 10.7. The van der Waals surface area contributed by atoms with E-state index in [9.17, 15) is 18.4 Å². The van der Waals surface area contributed by atoms with E-state index < -0.39 is 17.6 Å². The van der Waals surface area contributed by atoms with Crippen molar-refractivity contribution < 1.29 is 23.1 Å². The quantitative estimate of drug-likeness (QED) is 0.373. The van der Waals surface area contributed by atoms with E-state index in [-0.39, 0.29) is 17.1 Å². The molecule has 0 unspecified atom stereocenters. The van der Waals surface area contributed by atoms with Gasteiger partial charge < -0.3 is 4.74 Å². The molecular formula is C17H12F2O3. The summed E-state index contributed by atoms with van der Waals surface area (Å²) in [6.07, 6.45) is 1.94. The third-order valence-electron chi connectivity index (χ3n) is 2.87. The van der Waals surface area contributed by atoms with Crippen molar-refractivity contribution in [2.24, 2.45) is 0 Å². The molecule has 0 aromatic heterocycles. The van der Waals surface area contributed by atoms with Crippen LogP contribution in [0, 0.1) is 11.6 Å². The minimum Gasteiger partial charge on any atom is -0.423 e. The number of hydrogen-bond donors (Lipinski definition) is 0. The Morgan fingerprint density at radius 3 is 2.14 bits per heavy atom. The lowest BCUT2D eigenvalue weighted by atomic mass is 10.1. The van der Waals surface area contributed by atoms with Crippen molar-refractivity contribution in [3.63, 3.8) is 0 Å². The Balaban J connectivity index is 2.06. The molecular weight excluding hydrogens is 290 g/mol. The minimum atomic E-state index is -0.779. The molecule has 0 bridgehead atoms. The molecule has 0 aliphatic rings. The van der Waals surface area contributed by atoms with Crippen molar-refractivity contribution in [1.82, 2.24) is 0 Å². The average Bonchev–Trinajstić information content (AvgIpc) is 2.47. The van der Waals surface area contributed by atoms with Gasteiger partial charge in [0.05, 0.1) is 0 Å². The lowest BCUT2D eigenvalue weighted by Gasteiger charge is -2.02. The molecule has 0 heterocycles. The number of Topliss-reactive ketones (excluding diaryl/α,β-unsaturated/α-hetero) is 1. The van der Waals surface area contributed by atoms with Crippen molar-refractivity contribution in [2.45, 2.75) is 6.92 Å². The zero-order chi connectivity index (χ0) is 16.1. The van der Waals surface area contributed by atoms with Gasteiger partial charge in [-0.1, -0.05) is 6.07 Å². The first-order valence-electron chi connectivity index (χ1n) is 6.42. The number of rotatable bonds is 4. The molecule has 2 aromatic rings. The van der Waals surface area contributed by atoms with Gasteiger partial charge in [-0.05, 0) is 49.4 Å². The smallest absolute Gasteiger partial charge is 0.336 e. The number of carbonyl (C=O) groups excluding carboxylic acids is 2. The third kappa shape index (κ3) is 3.85. The van der Waals surface area contributed by atoms with Crippen LogP contribution in [0.4, 0.5) is 8.78 Å². The van der Waals surface area contributed by atoms with E-state index in [1.54, 1.807) is 0 Å². The van der Waals surface area contributed by atoms with E-state index in [1.165, 1.54) is 37.3 Å². The first-order chi connectivity index (χ1) is 10.5. The van der Waals surface area contributed by atoms with Gasteiger partial charge in [-0.15, -0.1) is 0 Å². The van der Waals surface area contributed by atoms with Gasteiger partial charge in [-0.2, -0.15) is 0 Å². The molecule has 0 N–H and O–H groups in total. The highest BCUT2D eigenvalue weighted by Crippen LogP contribution is 2.15. The molecule has 0 saturated carbocycles. The molecule has 0 spiro atoms. The van der Waals surface area contributed by atoms with Gasteiger partial charge in [-0.3, -0.25) is 4.79 Å². The fourth-order valence-corrected chi connectivity index (χ4v) is 1.73. The summed E-state index contributed by atoms with van der Waals surface area (Å²) in [7, 11) is 0. The van der Waals surface area contributed by atoms with Gasteiger partial charge in [0.15, 0.2) is 5.78 Å². The monoisotopic (exact) mass is 302 g/mol. The number of halogens is 2. The van der Waals surface area contributed by atoms with E-state index in [2.05, 4.69) is 0 Å². The van der Waals surface area contributed by atoms with Gasteiger partial charge in [0.1, 0.15) is 17.4 Å². The minimum absolute atomic E-state index is 0.104. The number of benzene rings is 2. The lowest BCUT2D eigenvalue weighted by molar-refractivity contribution is -0.128. The Hall–Kier alpha value is -2.82. The molecule has 0 fully saturated rings. The Labute approximate surface area is 125 Å². The molecule has 0 atom stereocenters. The average molecular weight is 302 g/mol. The first kappa shape index (κ1) is 15.6. The molecule has 0 aliphatic carbocycles. The van der Waals surface area contributed by atoms with Gasteiger partial charge in [0, 0.05) is 17.2 Å². The number of ketones is 1. The summed E-state index contributed by atoms with van der Waals surface area (Å²) in [4.78, 5) is 22.7. The summed E-state index contributed by atoms with van der Waals surface area (Å²) >= 11 is 0. The summed E-state index contributed by atoms with van der Waals surface area (Å²) < 4.78 is 31.7. The van der Waals surface area contributed by atoms with E-state index in [4.69, 9.17) is 4.74 Å². The summed E-state index contributed by atoms with van der Waals surface area (Å²) in [5, 5.41) is 0. The maximum atomic E-state index is 13.4. The number of esters is 1. The lowest BCUT2D eigenvalue weighted by Crippen LogP contribution is -2.04. The largest absolute Gasteiger partial charge is 0.423 e. The Bertz CT molecular complexity index is 714. The van der Waals surface area contributed by atoms with Crippen LogP contribution in [0.3, 0.4) is 0 Å². The summed E-state index contributed by atoms with van der Waals surface area (Å²) in [6.45, 7) is 1.42. The molecule has 0 radical (unpaired) electrons. The third-order valence-corrected chi connectivity index (χ3v) is 2.87. The van der Waals surface area contributed by atoms with Crippen LogP contribution in [0.15, 0.2) is 48.5 Å². The Morgan fingerprint density at radius 2 is 1.59 bits per heavy atom. The second-order valence-corrected chi connectivity index (χ2v) is 4.47. The second-order valence-electron chi connectivity index (χ2n) is 4.47. The summed E-state index contributed by atoms with van der Waals surface area (Å²) in [5.74, 6) is -2.19. The van der Waals surface area contributed by atoms with Gasteiger partial charge in [0.25, 0.3) is 0 Å². The van der Waals surface area contributed by atoms with Gasteiger partial charge in [-0.25, -0.2) is 13.6 Å². The Kier molecular flexibility index (Phi) is 4.78. The van der Waals surface area contributed by atoms with Crippen molar-refractivity contribution in [2.75, 3.05) is 0 Å². The van der Waals surface area contributed by atoms with Gasteiger partial charge >= 0.3 is 5.97 Å². The predicted octanol–water partition coefficient (Wildman–Crippen LogP) is 3.79. The molecule has 3 nitrogen and oxygen atoms in total. The fraction of sp³-hybridized carbons (Fsp3) is 0.0588. The summed E-state index contributed by atoms with van der Waals surface area (Å²) in [6, 6.07) is 9.38. The first-order valence-corrected chi connectivity index (χ1v) is 6.42. The maximum Gasteiger partial charge on any atom is 0.336 e. The van der Waals surface area contributed by atoms with E-state index in [0.29, 0.717) is 5.56 Å². The highest BCUT2D eigenvalue weighted by Gasteiger charge is 2.07. The predicted molar refractivity (Wildman–Crippen MR) is 77.5 cm³/mol. The molecule has 0 saturated heterocycles. The molecule has 0 aliphatic heterocycles. The van der Waals surface area contributed by atoms with Crippen molar-refractivity contribution in [3.8, 4) is 5.75 Å². The molecule has 2 aromatic carbocycles. The van der Waals surface area contributed by atoms with Crippen LogP contribution in [0.2, 0.25) is 0 Å². The standard InChI is InChI=1S/C17H12F2O3/c1-11(20)12-5-7-13(8-6-12)22-17(21)10-9-14-15(18)3-2-4-16(14)19/h2-10H,1H3/b10-9+. The number of hydrogen-bond acceptors (Lipinski definition) is 3. The molecule has 112 valence electrons. The topological polar surface area (TPSA) is 43.4 Å². The number of carbonyl (C=O) groups is 2. The van der Waals surface area contributed by atoms with E-state index in [1.807, 2.05) is 0 Å². The fourth-order valence-electron chi connectivity index (χ4n) is 1.73. The van der Waals surface area contributed by atoms with Crippen LogP contribution in [0.5, 0.6) is 5.75 Å². The van der Waals surface area contributed by atoms with Crippen LogP contribution in [0.25, 0.3) is 6.08 Å². The van der Waals surface area contributed by atoms with E-state index >= 15 is 0 Å². The van der Waals surface area contributed by atoms with Gasteiger partial charge in [0.2, 0.25) is 0 Å². The second kappa shape index (κ2) is 6.76. The van der Waals surface area contributed by atoms with Crippen LogP contribution in [0.1, 0.15) is 22.8 Å². The van der Waals surface area contributed by atoms with Crippen LogP contribution in [-0.2, 0) is 4.79 Å². The zero-order valence-electron chi connectivity index (χ0n) is 11.7. The highest BCUT2D eigenvalue weighted by molar-refractivity contribution is 5.94. The molecule has 22 heavy (non-hydrogen) atoms. The van der Waals surface area contributed by atoms with Crippen molar-refractivity contribution in [1.29, 1.82) is 0 Å². The molecule has 2 rings (SSSR count). The molecule has 0 amide bonds. The van der Waals surface area contributed by atoms with Crippen LogP contribution >= 0.6 is 0 Å². The summed E-state index contributed by atoms with van der Waals surface area (Å²) in [5.41, 5.74) is 0.176. The maximum absolute atomic E-state index is 13.4. The molecule has 5 heteroatoms. The number of ether oxygens (including phenoxy) is 1. The highest BCUT2D eigenvalue weighted by atomic mass is 19.1. The van der Waals surface area contributed by atoms with Crippen molar-refractivity contribution in [3.05, 3.63) is 71.3 Å².